The number of nitrogens with zero attached hydrogens (tertiary/aromatic N) is 1. The number of benzene rings is 1. The molecule has 1 aromatic carbocycles. The number of halogens is 1. The summed E-state index contributed by atoms with van der Waals surface area (Å²) in [7, 11) is 0. The third-order valence-corrected chi connectivity index (χ3v) is 2.62. The average molecular weight is 242 g/mol. The van der Waals surface area contributed by atoms with Crippen molar-refractivity contribution in [3.63, 3.8) is 0 Å². The van der Waals surface area contributed by atoms with E-state index in [0.717, 1.165) is 10.9 Å². The van der Waals surface area contributed by atoms with Gasteiger partial charge in [-0.1, -0.05) is 0 Å². The molecule has 2 aromatic rings. The van der Waals surface area contributed by atoms with Crippen molar-refractivity contribution < 1.29 is 10.2 Å². The molecule has 0 bridgehead atoms. The van der Waals surface area contributed by atoms with Crippen LogP contribution in [0.5, 0.6) is 5.75 Å². The molecule has 0 aliphatic rings. The molecule has 0 aliphatic heterocycles. The van der Waals surface area contributed by atoms with Crippen molar-refractivity contribution in [3.05, 3.63) is 18.3 Å². The van der Waals surface area contributed by atoms with Crippen LogP contribution in [-0.4, -0.2) is 38.9 Å². The van der Waals surface area contributed by atoms with E-state index in [0.29, 0.717) is 5.69 Å². The SMILES string of the molecule is Oc1cc2cn[nH]c2cc1NCC(O)CCl. The molecule has 0 fully saturated rings. The summed E-state index contributed by atoms with van der Waals surface area (Å²) in [5.41, 5.74) is 1.36. The molecule has 0 saturated heterocycles. The number of H-pyrrole nitrogens is 1. The first-order chi connectivity index (χ1) is 7.70. The maximum atomic E-state index is 9.69. The van der Waals surface area contributed by atoms with Crippen LogP contribution < -0.4 is 5.32 Å². The number of aromatic amines is 1. The molecule has 2 rings (SSSR count). The first-order valence-electron chi connectivity index (χ1n) is 4.84. The molecule has 0 radical (unpaired) electrons. The molecule has 0 saturated carbocycles. The quantitative estimate of drug-likeness (QED) is 0.480. The number of phenols is 1. The molecule has 4 N–H and O–H groups in total. The first kappa shape index (κ1) is 11.0. The third-order valence-electron chi connectivity index (χ3n) is 2.26. The van der Waals surface area contributed by atoms with Gasteiger partial charge in [-0.25, -0.2) is 0 Å². The number of hydrogen-bond donors (Lipinski definition) is 4. The van der Waals surface area contributed by atoms with E-state index in [1.54, 1.807) is 18.3 Å². The van der Waals surface area contributed by atoms with Crippen molar-refractivity contribution in [2.45, 2.75) is 6.10 Å². The monoisotopic (exact) mass is 241 g/mol. The summed E-state index contributed by atoms with van der Waals surface area (Å²) in [5.74, 6) is 0.274. The number of nitrogens with one attached hydrogen (secondary N) is 2. The molecule has 0 aliphatic carbocycles. The van der Waals surface area contributed by atoms with Crippen LogP contribution in [0.3, 0.4) is 0 Å². The number of aliphatic hydroxyl groups is 1. The number of anilines is 1. The zero-order valence-electron chi connectivity index (χ0n) is 8.44. The minimum absolute atomic E-state index is 0.121. The van der Waals surface area contributed by atoms with Gasteiger partial charge in [0.05, 0.1) is 29.4 Å². The van der Waals surface area contributed by atoms with Gasteiger partial charge in [-0.15, -0.1) is 11.6 Å². The Morgan fingerprint density at radius 2 is 2.31 bits per heavy atom. The summed E-state index contributed by atoms with van der Waals surface area (Å²) in [4.78, 5) is 0. The summed E-state index contributed by atoms with van der Waals surface area (Å²) in [5, 5.41) is 29.4. The van der Waals surface area contributed by atoms with Crippen LogP contribution in [0.4, 0.5) is 5.69 Å². The number of rotatable bonds is 4. The largest absolute Gasteiger partial charge is 0.506 e. The Morgan fingerprint density at radius 1 is 1.50 bits per heavy atom. The van der Waals surface area contributed by atoms with E-state index >= 15 is 0 Å². The Hall–Kier alpha value is -1.46. The molecule has 86 valence electrons. The molecule has 5 nitrogen and oxygen atoms in total. The van der Waals surface area contributed by atoms with Gasteiger partial charge in [0.2, 0.25) is 0 Å². The fraction of sp³-hybridized carbons (Fsp3) is 0.300. The van der Waals surface area contributed by atoms with Crippen molar-refractivity contribution in [3.8, 4) is 5.75 Å². The van der Waals surface area contributed by atoms with E-state index in [4.69, 9.17) is 11.6 Å². The van der Waals surface area contributed by atoms with Gasteiger partial charge >= 0.3 is 0 Å². The lowest BCUT2D eigenvalue weighted by Crippen LogP contribution is -2.20. The number of fused-ring (bicyclic) bond motifs is 1. The normalized spacial score (nSPS) is 12.9. The van der Waals surface area contributed by atoms with E-state index in [-0.39, 0.29) is 18.2 Å². The highest BCUT2D eigenvalue weighted by Crippen LogP contribution is 2.27. The molecule has 16 heavy (non-hydrogen) atoms. The molecule has 1 unspecified atom stereocenters. The maximum Gasteiger partial charge on any atom is 0.139 e. The number of alkyl halides is 1. The minimum Gasteiger partial charge on any atom is -0.506 e. The lowest BCUT2D eigenvalue weighted by molar-refractivity contribution is 0.211. The van der Waals surface area contributed by atoms with Crippen LogP contribution in [0.2, 0.25) is 0 Å². The average Bonchev–Trinajstić information content (AvgIpc) is 2.72. The number of aliphatic hydroxyl groups excluding tert-OH is 1. The van der Waals surface area contributed by atoms with Crippen LogP contribution >= 0.6 is 11.6 Å². The second-order valence-corrected chi connectivity index (χ2v) is 3.82. The van der Waals surface area contributed by atoms with E-state index in [1.807, 2.05) is 0 Å². The van der Waals surface area contributed by atoms with Crippen molar-refractivity contribution in [2.75, 3.05) is 17.7 Å². The number of aromatic hydroxyl groups is 1. The maximum absolute atomic E-state index is 9.69. The van der Waals surface area contributed by atoms with Gasteiger partial charge in [0.25, 0.3) is 0 Å². The highest BCUT2D eigenvalue weighted by Gasteiger charge is 2.07. The highest BCUT2D eigenvalue weighted by molar-refractivity contribution is 6.18. The summed E-state index contributed by atoms with van der Waals surface area (Å²) < 4.78 is 0. The zero-order valence-corrected chi connectivity index (χ0v) is 9.20. The van der Waals surface area contributed by atoms with E-state index in [9.17, 15) is 10.2 Å². The van der Waals surface area contributed by atoms with E-state index in [2.05, 4.69) is 15.5 Å². The molecule has 6 heteroatoms. The van der Waals surface area contributed by atoms with Crippen molar-refractivity contribution >= 4 is 28.2 Å². The zero-order chi connectivity index (χ0) is 11.5. The summed E-state index contributed by atoms with van der Waals surface area (Å²) in [6.45, 7) is 0.288. The van der Waals surface area contributed by atoms with Crippen LogP contribution in [-0.2, 0) is 0 Å². The predicted molar refractivity (Wildman–Crippen MR) is 63.0 cm³/mol. The lowest BCUT2D eigenvalue weighted by Gasteiger charge is -2.11. The first-order valence-corrected chi connectivity index (χ1v) is 5.38. The molecule has 0 spiro atoms. The number of phenolic OH excluding ortho intramolecular Hbond substituents is 1. The Bertz CT molecular complexity index is 486. The molecule has 0 amide bonds. The van der Waals surface area contributed by atoms with Gasteiger partial charge in [0.1, 0.15) is 5.75 Å². The summed E-state index contributed by atoms with van der Waals surface area (Å²) >= 11 is 5.47. The van der Waals surface area contributed by atoms with Gasteiger partial charge in [0.15, 0.2) is 0 Å². The standard InChI is InChI=1S/C10H12ClN3O2/c11-3-7(15)5-12-9-2-8-6(1-10(9)16)4-13-14-8/h1-2,4,7,12,15-16H,3,5H2,(H,13,14). The summed E-state index contributed by atoms with van der Waals surface area (Å²) in [6.07, 6.45) is 0.991. The van der Waals surface area contributed by atoms with Gasteiger partial charge < -0.3 is 15.5 Å². The molecule has 1 atom stereocenters. The lowest BCUT2D eigenvalue weighted by atomic mass is 10.2. The third kappa shape index (κ3) is 2.20. The van der Waals surface area contributed by atoms with Gasteiger partial charge in [0, 0.05) is 11.9 Å². The Balaban J connectivity index is 2.19. The smallest absolute Gasteiger partial charge is 0.139 e. The van der Waals surface area contributed by atoms with Crippen LogP contribution in [0, 0.1) is 0 Å². The van der Waals surface area contributed by atoms with Crippen LogP contribution in [0.15, 0.2) is 18.3 Å². The second-order valence-electron chi connectivity index (χ2n) is 3.52. The Kier molecular flexibility index (Phi) is 3.17. The van der Waals surface area contributed by atoms with Crippen molar-refractivity contribution in [1.29, 1.82) is 0 Å². The highest BCUT2D eigenvalue weighted by atomic mass is 35.5. The van der Waals surface area contributed by atoms with Gasteiger partial charge in [-0.05, 0) is 12.1 Å². The van der Waals surface area contributed by atoms with E-state index in [1.165, 1.54) is 0 Å². The number of aromatic nitrogens is 2. The van der Waals surface area contributed by atoms with Crippen molar-refractivity contribution in [1.82, 2.24) is 10.2 Å². The summed E-state index contributed by atoms with van der Waals surface area (Å²) in [6, 6.07) is 3.34. The Labute approximate surface area is 97.0 Å². The molecule has 1 heterocycles. The topological polar surface area (TPSA) is 81.2 Å². The second kappa shape index (κ2) is 4.59. The minimum atomic E-state index is -0.640. The fourth-order valence-electron chi connectivity index (χ4n) is 1.40. The van der Waals surface area contributed by atoms with Gasteiger partial charge in [-0.3, -0.25) is 5.10 Å². The van der Waals surface area contributed by atoms with Crippen LogP contribution in [0.25, 0.3) is 10.9 Å². The molecule has 1 aromatic heterocycles. The van der Waals surface area contributed by atoms with E-state index < -0.39 is 6.10 Å². The van der Waals surface area contributed by atoms with Crippen molar-refractivity contribution in [2.24, 2.45) is 0 Å². The number of hydrogen-bond acceptors (Lipinski definition) is 4. The predicted octanol–water partition coefficient (Wildman–Crippen LogP) is 1.28. The molecular weight excluding hydrogens is 230 g/mol. The van der Waals surface area contributed by atoms with Gasteiger partial charge in [-0.2, -0.15) is 5.10 Å². The fourth-order valence-corrected chi connectivity index (χ4v) is 1.51. The Morgan fingerprint density at radius 3 is 3.06 bits per heavy atom. The van der Waals surface area contributed by atoms with Crippen LogP contribution in [0.1, 0.15) is 0 Å². The molecular formula is C10H12ClN3O2.